The second-order valence-corrected chi connectivity index (χ2v) is 5.41. The Hall–Kier alpha value is -0.620. The highest BCUT2D eigenvalue weighted by Crippen LogP contribution is 2.20. The molecule has 0 radical (unpaired) electrons. The van der Waals surface area contributed by atoms with E-state index in [1.165, 1.54) is 0 Å². The maximum Gasteiger partial charge on any atom is 0.298 e. The minimum absolute atomic E-state index is 0.203. The van der Waals surface area contributed by atoms with Crippen molar-refractivity contribution in [2.24, 2.45) is 0 Å². The monoisotopic (exact) mass is 237 g/mol. The summed E-state index contributed by atoms with van der Waals surface area (Å²) in [5, 5.41) is 5.79. The zero-order chi connectivity index (χ0) is 10.8. The van der Waals surface area contributed by atoms with Gasteiger partial charge in [-0.05, 0) is 12.8 Å². The van der Waals surface area contributed by atoms with Crippen LogP contribution in [-0.2, 0) is 9.05 Å². The van der Waals surface area contributed by atoms with E-state index in [0.717, 1.165) is 12.8 Å². The summed E-state index contributed by atoms with van der Waals surface area (Å²) in [6.45, 7) is 4.01. The average Bonchev–Trinajstić information content (AvgIpc) is 2.54. The van der Waals surface area contributed by atoms with Gasteiger partial charge in [-0.25, -0.2) is 13.4 Å². The highest BCUT2D eigenvalue weighted by Gasteiger charge is 2.19. The number of nitrogens with zero attached hydrogens (tertiary/aromatic N) is 2. The van der Waals surface area contributed by atoms with Crippen LogP contribution in [0.1, 0.15) is 38.4 Å². The third-order valence-electron chi connectivity index (χ3n) is 2.07. The van der Waals surface area contributed by atoms with E-state index in [9.17, 15) is 8.42 Å². The Morgan fingerprint density at radius 2 is 2.00 bits per heavy atom. The van der Waals surface area contributed by atoms with Gasteiger partial charge in [0.05, 0.1) is 0 Å². The van der Waals surface area contributed by atoms with Crippen LogP contribution in [-0.4, -0.2) is 23.6 Å². The molecule has 0 aliphatic carbocycles. The van der Waals surface area contributed by atoms with Gasteiger partial charge in [-0.3, -0.25) is 5.10 Å². The first-order valence-corrected chi connectivity index (χ1v) is 6.66. The van der Waals surface area contributed by atoms with Crippen LogP contribution in [0, 0.1) is 0 Å². The molecule has 0 saturated heterocycles. The zero-order valence-corrected chi connectivity index (χ0v) is 9.56. The highest BCUT2D eigenvalue weighted by atomic mass is 35.7. The minimum atomic E-state index is -3.81. The number of hydrogen-bond acceptors (Lipinski definition) is 4. The van der Waals surface area contributed by atoms with Crippen LogP contribution >= 0.6 is 10.7 Å². The van der Waals surface area contributed by atoms with Gasteiger partial charge in [-0.1, -0.05) is 13.8 Å². The van der Waals surface area contributed by atoms with Crippen molar-refractivity contribution in [2.45, 2.75) is 37.8 Å². The minimum Gasteiger partial charge on any atom is -0.262 e. The first-order valence-electron chi connectivity index (χ1n) is 4.36. The van der Waals surface area contributed by atoms with Crippen LogP contribution in [0.2, 0.25) is 0 Å². The molecule has 1 rings (SSSR count). The second-order valence-electron chi connectivity index (χ2n) is 2.95. The fraction of sp³-hybridized carbons (Fsp3) is 0.714. The van der Waals surface area contributed by atoms with E-state index in [1.54, 1.807) is 0 Å². The Morgan fingerprint density at radius 1 is 1.43 bits per heavy atom. The van der Waals surface area contributed by atoms with E-state index in [1.807, 2.05) is 13.8 Å². The number of rotatable bonds is 4. The molecular weight excluding hydrogens is 226 g/mol. The highest BCUT2D eigenvalue weighted by molar-refractivity contribution is 8.13. The van der Waals surface area contributed by atoms with Gasteiger partial charge in [0, 0.05) is 16.6 Å². The predicted molar refractivity (Wildman–Crippen MR) is 52.7 cm³/mol. The molecule has 0 aliphatic rings. The molecular formula is C7H12ClN3O2S. The Labute approximate surface area is 87.3 Å². The molecule has 80 valence electrons. The lowest BCUT2D eigenvalue weighted by Gasteiger charge is -2.06. The zero-order valence-electron chi connectivity index (χ0n) is 7.99. The summed E-state index contributed by atoms with van der Waals surface area (Å²) in [4.78, 5) is 3.84. The molecule has 0 aromatic carbocycles. The number of halogens is 1. The molecule has 1 heterocycles. The molecule has 0 unspecified atom stereocenters. The van der Waals surface area contributed by atoms with Gasteiger partial charge in [0.1, 0.15) is 5.82 Å². The Bertz CT molecular complexity index is 397. The molecule has 1 N–H and O–H groups in total. The third kappa shape index (κ3) is 2.45. The van der Waals surface area contributed by atoms with Crippen LogP contribution < -0.4 is 0 Å². The molecule has 0 aliphatic heterocycles. The smallest absolute Gasteiger partial charge is 0.262 e. The molecule has 1 aromatic heterocycles. The van der Waals surface area contributed by atoms with Crippen LogP contribution in [0.15, 0.2) is 5.16 Å². The van der Waals surface area contributed by atoms with Gasteiger partial charge in [0.2, 0.25) is 0 Å². The van der Waals surface area contributed by atoms with Crippen molar-refractivity contribution < 1.29 is 8.42 Å². The number of H-pyrrole nitrogens is 1. The van der Waals surface area contributed by atoms with Crippen LogP contribution in [0.3, 0.4) is 0 Å². The number of hydrogen-bond donors (Lipinski definition) is 1. The number of aromatic amines is 1. The molecule has 0 bridgehead atoms. The van der Waals surface area contributed by atoms with Gasteiger partial charge in [-0.15, -0.1) is 5.10 Å². The molecule has 5 nitrogen and oxygen atoms in total. The molecule has 0 atom stereocenters. The molecule has 0 fully saturated rings. The number of nitrogens with one attached hydrogen (secondary N) is 1. The van der Waals surface area contributed by atoms with Gasteiger partial charge < -0.3 is 0 Å². The maximum absolute atomic E-state index is 10.9. The van der Waals surface area contributed by atoms with E-state index in [4.69, 9.17) is 10.7 Å². The van der Waals surface area contributed by atoms with Crippen LogP contribution in [0.4, 0.5) is 0 Å². The van der Waals surface area contributed by atoms with Gasteiger partial charge in [0.15, 0.2) is 0 Å². The summed E-state index contributed by atoms with van der Waals surface area (Å²) in [7, 11) is 1.28. The second kappa shape index (κ2) is 4.27. The SMILES string of the molecule is CCC(CC)c1nc(S(=O)(=O)Cl)n[nH]1. The summed E-state index contributed by atoms with van der Waals surface area (Å²) < 4.78 is 21.7. The van der Waals surface area contributed by atoms with Crippen molar-refractivity contribution in [1.82, 2.24) is 15.2 Å². The van der Waals surface area contributed by atoms with Gasteiger partial charge in [0.25, 0.3) is 14.2 Å². The van der Waals surface area contributed by atoms with Crippen molar-refractivity contribution in [2.75, 3.05) is 0 Å². The standard InChI is InChI=1S/C7H12ClN3O2S/c1-3-5(4-2)6-9-7(11-10-6)14(8,12)13/h5H,3-4H2,1-2H3,(H,9,10,11). The fourth-order valence-electron chi connectivity index (χ4n) is 1.23. The van der Waals surface area contributed by atoms with Crippen LogP contribution in [0.25, 0.3) is 0 Å². The van der Waals surface area contributed by atoms with Crippen molar-refractivity contribution in [3.05, 3.63) is 5.82 Å². The summed E-state index contributed by atoms with van der Waals surface area (Å²) in [6.07, 6.45) is 1.76. The first kappa shape index (κ1) is 11.5. The average molecular weight is 238 g/mol. The number of aromatic nitrogens is 3. The van der Waals surface area contributed by atoms with Crippen molar-refractivity contribution in [3.63, 3.8) is 0 Å². The lowest BCUT2D eigenvalue weighted by molar-refractivity contribution is 0.596. The molecule has 0 amide bonds. The lowest BCUT2D eigenvalue weighted by atomic mass is 10.0. The lowest BCUT2D eigenvalue weighted by Crippen LogP contribution is -1.98. The van der Waals surface area contributed by atoms with E-state index in [0.29, 0.717) is 5.82 Å². The summed E-state index contributed by atoms with van der Waals surface area (Å²) in [5.41, 5.74) is 0. The predicted octanol–water partition coefficient (Wildman–Crippen LogP) is 1.64. The summed E-state index contributed by atoms with van der Waals surface area (Å²) in [5.74, 6) is 0.781. The molecule has 0 spiro atoms. The van der Waals surface area contributed by atoms with Crippen molar-refractivity contribution >= 4 is 19.7 Å². The molecule has 14 heavy (non-hydrogen) atoms. The molecule has 1 aromatic rings. The quantitative estimate of drug-likeness (QED) is 0.808. The Morgan fingerprint density at radius 3 is 2.36 bits per heavy atom. The van der Waals surface area contributed by atoms with E-state index < -0.39 is 9.05 Å². The van der Waals surface area contributed by atoms with Crippen molar-refractivity contribution in [1.29, 1.82) is 0 Å². The van der Waals surface area contributed by atoms with Gasteiger partial charge in [-0.2, -0.15) is 0 Å². The van der Waals surface area contributed by atoms with Gasteiger partial charge >= 0.3 is 0 Å². The largest absolute Gasteiger partial charge is 0.298 e. The van der Waals surface area contributed by atoms with E-state index >= 15 is 0 Å². The molecule has 7 heteroatoms. The van der Waals surface area contributed by atoms with Crippen molar-refractivity contribution in [3.8, 4) is 0 Å². The van der Waals surface area contributed by atoms with Crippen LogP contribution in [0.5, 0.6) is 0 Å². The summed E-state index contributed by atoms with van der Waals surface area (Å²) >= 11 is 0. The Kier molecular flexibility index (Phi) is 3.49. The fourth-order valence-corrected chi connectivity index (χ4v) is 1.79. The first-order chi connectivity index (χ1) is 6.49. The summed E-state index contributed by atoms with van der Waals surface area (Å²) in [6, 6.07) is 0. The normalized spacial score (nSPS) is 12.3. The third-order valence-corrected chi connectivity index (χ3v) is 3.11. The molecule has 0 saturated carbocycles. The topological polar surface area (TPSA) is 75.7 Å². The van der Waals surface area contributed by atoms with E-state index in [-0.39, 0.29) is 11.1 Å². The Balaban J connectivity index is 2.99. The van der Waals surface area contributed by atoms with E-state index in [2.05, 4.69) is 15.2 Å². The maximum atomic E-state index is 10.9.